The van der Waals surface area contributed by atoms with Crippen LogP contribution in [0.2, 0.25) is 0 Å². The summed E-state index contributed by atoms with van der Waals surface area (Å²) in [4.78, 5) is 12.4. The highest BCUT2D eigenvalue weighted by molar-refractivity contribution is 9.13. The van der Waals surface area contributed by atoms with Crippen LogP contribution in [0.15, 0.2) is 37.4 Å². The number of nitrogens with two attached hydrogens (primary N) is 1. The van der Waals surface area contributed by atoms with Crippen molar-refractivity contribution in [2.45, 2.75) is 4.90 Å². The quantitative estimate of drug-likeness (QED) is 0.718. The molecule has 0 unspecified atom stereocenters. The van der Waals surface area contributed by atoms with Gasteiger partial charge in [0.1, 0.15) is 10.6 Å². The van der Waals surface area contributed by atoms with Gasteiger partial charge in [0.2, 0.25) is 10.0 Å². The van der Waals surface area contributed by atoms with Gasteiger partial charge in [-0.25, -0.2) is 13.6 Å². The maximum absolute atomic E-state index is 12.1. The molecule has 0 aliphatic heterocycles. The molecule has 22 heavy (non-hydrogen) atoms. The van der Waals surface area contributed by atoms with Crippen molar-refractivity contribution in [3.05, 3.63) is 37.4 Å². The van der Waals surface area contributed by atoms with E-state index in [1.807, 2.05) is 0 Å². The van der Waals surface area contributed by atoms with Crippen LogP contribution in [0.5, 0.6) is 5.75 Å². The molecule has 10 heteroatoms. The van der Waals surface area contributed by atoms with E-state index < -0.39 is 10.0 Å². The van der Waals surface area contributed by atoms with Crippen LogP contribution in [0, 0.1) is 0 Å². The number of sulfonamides is 1. The molecule has 0 saturated carbocycles. The van der Waals surface area contributed by atoms with E-state index in [1.54, 1.807) is 6.07 Å². The molecule has 0 fully saturated rings. The molecule has 118 valence electrons. The maximum atomic E-state index is 12.1. The number of halogens is 2. The molecule has 0 radical (unpaired) electrons. The van der Waals surface area contributed by atoms with Gasteiger partial charge < -0.3 is 10.1 Å². The fourth-order valence-corrected chi connectivity index (χ4v) is 4.28. The molecule has 1 heterocycles. The lowest BCUT2D eigenvalue weighted by atomic mass is 10.3. The van der Waals surface area contributed by atoms with E-state index in [0.29, 0.717) is 10.6 Å². The summed E-state index contributed by atoms with van der Waals surface area (Å²) >= 11 is 7.85. The molecule has 1 aromatic carbocycles. The lowest BCUT2D eigenvalue weighted by molar-refractivity contribution is 0.103. The van der Waals surface area contributed by atoms with Crippen molar-refractivity contribution < 1.29 is 17.9 Å². The van der Waals surface area contributed by atoms with Crippen molar-refractivity contribution in [1.29, 1.82) is 0 Å². The number of hydrogen-bond acceptors (Lipinski definition) is 5. The molecule has 3 N–H and O–H groups in total. The predicted octanol–water partition coefficient (Wildman–Crippen LogP) is 3.18. The molecule has 1 amide bonds. The summed E-state index contributed by atoms with van der Waals surface area (Å²) in [6, 6.07) is 5.87. The summed E-state index contributed by atoms with van der Waals surface area (Å²) in [5.41, 5.74) is 0.301. The third-order valence-corrected chi connectivity index (χ3v) is 6.78. The number of carbonyl (C=O) groups is 1. The first-order chi connectivity index (χ1) is 10.2. The van der Waals surface area contributed by atoms with Crippen molar-refractivity contribution in [1.82, 2.24) is 0 Å². The van der Waals surface area contributed by atoms with Gasteiger partial charge in [-0.05, 0) is 56.1 Å². The number of primary sulfonamides is 1. The van der Waals surface area contributed by atoms with Gasteiger partial charge in [-0.15, -0.1) is 11.3 Å². The van der Waals surface area contributed by atoms with E-state index in [1.165, 1.54) is 36.6 Å². The molecule has 0 aliphatic carbocycles. The summed E-state index contributed by atoms with van der Waals surface area (Å²) in [5.74, 6) is -0.246. The highest BCUT2D eigenvalue weighted by Gasteiger charge is 2.17. The Balaban J connectivity index is 2.32. The molecule has 0 saturated heterocycles. The number of methoxy groups -OCH3 is 1. The first kappa shape index (κ1) is 17.4. The summed E-state index contributed by atoms with van der Waals surface area (Å²) in [5, 5.41) is 7.75. The Morgan fingerprint density at radius 3 is 2.50 bits per heavy atom. The van der Waals surface area contributed by atoms with Crippen LogP contribution >= 0.6 is 43.2 Å². The Hall–Kier alpha value is -0.940. The molecule has 6 nitrogen and oxygen atoms in total. The first-order valence-electron chi connectivity index (χ1n) is 5.69. The van der Waals surface area contributed by atoms with Gasteiger partial charge in [-0.3, -0.25) is 4.79 Å². The Bertz CT molecular complexity index is 814. The second-order valence-corrected chi connectivity index (χ2v) is 8.85. The van der Waals surface area contributed by atoms with Crippen molar-refractivity contribution in [3.8, 4) is 5.75 Å². The van der Waals surface area contributed by atoms with Gasteiger partial charge in [0, 0.05) is 10.2 Å². The van der Waals surface area contributed by atoms with Gasteiger partial charge in [-0.1, -0.05) is 0 Å². The number of ether oxygens (including phenoxy) is 1. The van der Waals surface area contributed by atoms with E-state index in [2.05, 4.69) is 37.2 Å². The van der Waals surface area contributed by atoms with E-state index in [9.17, 15) is 13.2 Å². The van der Waals surface area contributed by atoms with Crippen LogP contribution in [-0.4, -0.2) is 21.4 Å². The Morgan fingerprint density at radius 1 is 1.32 bits per heavy atom. The molecule has 2 rings (SSSR count). The van der Waals surface area contributed by atoms with Crippen molar-refractivity contribution in [3.63, 3.8) is 0 Å². The number of carbonyl (C=O) groups excluding carboxylic acids is 1. The zero-order valence-electron chi connectivity index (χ0n) is 11.1. The lowest BCUT2D eigenvalue weighted by Gasteiger charge is -2.09. The topological polar surface area (TPSA) is 98.5 Å². The van der Waals surface area contributed by atoms with E-state index in [-0.39, 0.29) is 16.6 Å². The zero-order chi connectivity index (χ0) is 16.5. The predicted molar refractivity (Wildman–Crippen MR) is 92.0 cm³/mol. The Kier molecular flexibility index (Phi) is 5.28. The molecular formula is C12H10Br2N2O4S2. The number of hydrogen-bond donors (Lipinski definition) is 2. The van der Waals surface area contributed by atoms with Crippen LogP contribution in [0.4, 0.5) is 5.69 Å². The first-order valence-corrected chi connectivity index (χ1v) is 9.64. The van der Waals surface area contributed by atoms with Gasteiger partial charge in [0.05, 0.1) is 15.8 Å². The fourth-order valence-electron chi connectivity index (χ4n) is 1.63. The number of amides is 1. The average Bonchev–Trinajstić information content (AvgIpc) is 2.78. The number of anilines is 1. The maximum Gasteiger partial charge on any atom is 0.265 e. The third-order valence-electron chi connectivity index (χ3n) is 2.60. The highest BCUT2D eigenvalue weighted by atomic mass is 79.9. The highest BCUT2D eigenvalue weighted by Crippen LogP contribution is 2.33. The third kappa shape index (κ3) is 3.87. The van der Waals surface area contributed by atoms with Crippen LogP contribution in [0.25, 0.3) is 0 Å². The molecule has 2 aromatic rings. The van der Waals surface area contributed by atoms with Gasteiger partial charge >= 0.3 is 0 Å². The van der Waals surface area contributed by atoms with Crippen LogP contribution < -0.4 is 15.2 Å². The molecular weight excluding hydrogens is 460 g/mol. The minimum atomic E-state index is -3.96. The molecule has 0 aliphatic rings. The second-order valence-electron chi connectivity index (χ2n) is 4.10. The number of nitrogens with one attached hydrogen (secondary N) is 1. The number of thiophene rings is 1. The van der Waals surface area contributed by atoms with E-state index in [0.717, 1.165) is 8.26 Å². The standard InChI is InChI=1S/C12H10Br2N2O4S2/c1-20-8-3-2-6(4-10(8)22(15,18)19)16-12(17)9-5-7(13)11(14)21-9/h2-5H,1H3,(H,16,17)(H2,15,18,19). The van der Waals surface area contributed by atoms with E-state index in [4.69, 9.17) is 9.88 Å². The molecule has 0 spiro atoms. The van der Waals surface area contributed by atoms with Gasteiger partial charge in [0.25, 0.3) is 5.91 Å². The van der Waals surface area contributed by atoms with Crippen molar-refractivity contribution >= 4 is 64.8 Å². The minimum Gasteiger partial charge on any atom is -0.495 e. The number of rotatable bonds is 4. The number of benzene rings is 1. The largest absolute Gasteiger partial charge is 0.495 e. The molecule has 0 bridgehead atoms. The fraction of sp³-hybridized carbons (Fsp3) is 0.0833. The normalized spacial score (nSPS) is 11.3. The summed E-state index contributed by atoms with van der Waals surface area (Å²) < 4.78 is 29.6. The smallest absolute Gasteiger partial charge is 0.265 e. The molecule has 1 aromatic heterocycles. The van der Waals surface area contributed by atoms with Crippen molar-refractivity contribution in [2.75, 3.05) is 12.4 Å². The Morgan fingerprint density at radius 2 is 2.00 bits per heavy atom. The minimum absolute atomic E-state index is 0.113. The van der Waals surface area contributed by atoms with Crippen LogP contribution in [0.3, 0.4) is 0 Å². The molecule has 0 atom stereocenters. The lowest BCUT2D eigenvalue weighted by Crippen LogP contribution is -2.15. The summed E-state index contributed by atoms with van der Waals surface area (Å²) in [6.45, 7) is 0. The average molecular weight is 470 g/mol. The van der Waals surface area contributed by atoms with Gasteiger partial charge in [-0.2, -0.15) is 0 Å². The van der Waals surface area contributed by atoms with Gasteiger partial charge in [0.15, 0.2) is 0 Å². The van der Waals surface area contributed by atoms with Crippen LogP contribution in [0.1, 0.15) is 9.67 Å². The summed E-state index contributed by atoms with van der Waals surface area (Å²) in [7, 11) is -2.62. The Labute approximate surface area is 148 Å². The zero-order valence-corrected chi connectivity index (χ0v) is 15.9. The van der Waals surface area contributed by atoms with Crippen molar-refractivity contribution in [2.24, 2.45) is 5.14 Å². The van der Waals surface area contributed by atoms with Crippen LogP contribution in [-0.2, 0) is 10.0 Å². The van der Waals surface area contributed by atoms with E-state index >= 15 is 0 Å². The second kappa shape index (κ2) is 6.67. The monoisotopic (exact) mass is 468 g/mol. The summed E-state index contributed by atoms with van der Waals surface area (Å²) in [6.07, 6.45) is 0. The SMILES string of the molecule is COc1ccc(NC(=O)c2cc(Br)c(Br)s2)cc1S(N)(=O)=O.